The Balaban J connectivity index is 1.98. The summed E-state index contributed by atoms with van der Waals surface area (Å²) in [4.78, 5) is 5.05. The highest BCUT2D eigenvalue weighted by Gasteiger charge is 2.35. The Bertz CT molecular complexity index is 469. The topological polar surface area (TPSA) is 43.8 Å². The van der Waals surface area contributed by atoms with Crippen LogP contribution in [0, 0.1) is 0 Å². The summed E-state index contributed by atoms with van der Waals surface area (Å²) in [6.45, 7) is 6.76. The fourth-order valence-corrected chi connectivity index (χ4v) is 3.55. The molecule has 2 aliphatic rings. The van der Waals surface area contributed by atoms with Crippen LogP contribution >= 0.6 is 0 Å². The van der Waals surface area contributed by atoms with Gasteiger partial charge in [-0.25, -0.2) is 4.98 Å². The maximum absolute atomic E-state index is 6.52. The Hall–Kier alpha value is -0.990. The lowest BCUT2D eigenvalue weighted by atomic mass is 9.95. The Morgan fingerprint density at radius 1 is 1.00 bits per heavy atom. The molecule has 0 saturated heterocycles. The highest BCUT2D eigenvalue weighted by Crippen LogP contribution is 2.44. The van der Waals surface area contributed by atoms with Gasteiger partial charge in [-0.1, -0.05) is 46.5 Å². The van der Waals surface area contributed by atoms with Crippen molar-refractivity contribution in [3.8, 4) is 0 Å². The Labute approximate surface area is 123 Å². The van der Waals surface area contributed by atoms with Gasteiger partial charge in [-0.15, -0.1) is 0 Å². The summed E-state index contributed by atoms with van der Waals surface area (Å²) < 4.78 is 2.36. The monoisotopic (exact) mass is 275 g/mol. The van der Waals surface area contributed by atoms with Crippen LogP contribution in [0.4, 0.5) is 5.82 Å². The number of hydrogen-bond donors (Lipinski definition) is 1. The molecule has 0 atom stereocenters. The number of hydrogen-bond acceptors (Lipinski definition) is 2. The van der Waals surface area contributed by atoms with Crippen LogP contribution in [0.1, 0.15) is 95.6 Å². The lowest BCUT2D eigenvalue weighted by Gasteiger charge is -2.20. The van der Waals surface area contributed by atoms with Gasteiger partial charge in [-0.3, -0.25) is 0 Å². The zero-order chi connectivity index (χ0) is 14.3. The molecule has 2 aliphatic carbocycles. The maximum Gasteiger partial charge on any atom is 0.127 e. The van der Waals surface area contributed by atoms with Gasteiger partial charge in [0.25, 0.3) is 0 Å². The molecule has 0 aromatic carbocycles. The van der Waals surface area contributed by atoms with Crippen molar-refractivity contribution in [3.05, 3.63) is 11.5 Å². The van der Waals surface area contributed by atoms with Gasteiger partial charge in [-0.2, -0.15) is 0 Å². The minimum atomic E-state index is 0.0830. The third-order valence-corrected chi connectivity index (χ3v) is 4.80. The summed E-state index contributed by atoms with van der Waals surface area (Å²) in [7, 11) is 0. The van der Waals surface area contributed by atoms with Gasteiger partial charge in [0.15, 0.2) is 0 Å². The minimum absolute atomic E-state index is 0.0830. The first-order valence-electron chi connectivity index (χ1n) is 8.36. The summed E-state index contributed by atoms with van der Waals surface area (Å²) in [6.07, 6.45) is 10.5. The van der Waals surface area contributed by atoms with Gasteiger partial charge in [0.1, 0.15) is 11.6 Å². The van der Waals surface area contributed by atoms with Crippen molar-refractivity contribution in [2.45, 2.75) is 89.5 Å². The Morgan fingerprint density at radius 2 is 1.60 bits per heavy atom. The molecular weight excluding hydrogens is 246 g/mol. The lowest BCUT2D eigenvalue weighted by molar-refractivity contribution is 0.501. The first-order chi connectivity index (χ1) is 9.48. The molecule has 0 spiro atoms. The van der Waals surface area contributed by atoms with Crippen LogP contribution in [0.15, 0.2) is 0 Å². The molecule has 112 valence electrons. The van der Waals surface area contributed by atoms with Crippen molar-refractivity contribution in [2.24, 2.45) is 0 Å². The van der Waals surface area contributed by atoms with Gasteiger partial charge in [0, 0.05) is 17.4 Å². The average molecular weight is 275 g/mol. The molecule has 0 radical (unpaired) electrons. The molecule has 3 nitrogen and oxygen atoms in total. The molecule has 0 bridgehead atoms. The van der Waals surface area contributed by atoms with Crippen LogP contribution in [-0.2, 0) is 5.41 Å². The number of nitrogens with zero attached hydrogens (tertiary/aromatic N) is 2. The van der Waals surface area contributed by atoms with E-state index in [0.717, 1.165) is 5.82 Å². The Kier molecular flexibility index (Phi) is 3.55. The molecule has 2 saturated carbocycles. The predicted molar refractivity (Wildman–Crippen MR) is 84.1 cm³/mol. The molecule has 3 heteroatoms. The zero-order valence-electron chi connectivity index (χ0n) is 13.3. The molecule has 0 amide bonds. The quantitative estimate of drug-likeness (QED) is 0.805. The van der Waals surface area contributed by atoms with Crippen LogP contribution in [-0.4, -0.2) is 9.55 Å². The van der Waals surface area contributed by atoms with E-state index in [2.05, 4.69) is 25.3 Å². The van der Waals surface area contributed by atoms with Gasteiger partial charge < -0.3 is 10.3 Å². The van der Waals surface area contributed by atoms with E-state index in [1.165, 1.54) is 62.9 Å². The van der Waals surface area contributed by atoms with E-state index in [4.69, 9.17) is 10.7 Å². The van der Waals surface area contributed by atoms with Gasteiger partial charge in [-0.05, 0) is 25.7 Å². The highest BCUT2D eigenvalue weighted by molar-refractivity contribution is 5.43. The van der Waals surface area contributed by atoms with E-state index in [-0.39, 0.29) is 5.41 Å². The second-order valence-corrected chi connectivity index (χ2v) is 7.75. The number of nitrogens with two attached hydrogens (primary N) is 1. The molecule has 0 aliphatic heterocycles. The van der Waals surface area contributed by atoms with E-state index >= 15 is 0 Å². The molecule has 1 heterocycles. The van der Waals surface area contributed by atoms with Gasteiger partial charge in [0.2, 0.25) is 0 Å². The predicted octanol–water partition coefficient (Wildman–Crippen LogP) is 4.54. The number of aromatic nitrogens is 2. The van der Waals surface area contributed by atoms with Crippen LogP contribution in [0.3, 0.4) is 0 Å². The summed E-state index contributed by atoms with van der Waals surface area (Å²) in [6, 6.07) is 0.622. The first kappa shape index (κ1) is 14.0. The SMILES string of the molecule is CC(C)(C)c1nc(C2CCCCCC2)c(N)n1C1CC1. The van der Waals surface area contributed by atoms with Crippen LogP contribution < -0.4 is 5.73 Å². The van der Waals surface area contributed by atoms with Crippen molar-refractivity contribution in [3.63, 3.8) is 0 Å². The normalized spacial score (nSPS) is 21.9. The number of imidazole rings is 1. The second-order valence-electron chi connectivity index (χ2n) is 7.75. The number of anilines is 1. The third kappa shape index (κ3) is 2.59. The van der Waals surface area contributed by atoms with E-state index < -0.39 is 0 Å². The second kappa shape index (κ2) is 5.09. The van der Waals surface area contributed by atoms with E-state index in [9.17, 15) is 0 Å². The van der Waals surface area contributed by atoms with Crippen LogP contribution in [0.5, 0.6) is 0 Å². The van der Waals surface area contributed by atoms with Crippen molar-refractivity contribution in [1.82, 2.24) is 9.55 Å². The van der Waals surface area contributed by atoms with Gasteiger partial charge in [0.05, 0.1) is 5.69 Å². The standard InChI is InChI=1S/C17H29N3/c1-17(2,3)16-19-14(12-8-6-4-5-7-9-12)15(18)20(16)13-10-11-13/h12-13H,4-11,18H2,1-3H3. The van der Waals surface area contributed by atoms with Gasteiger partial charge >= 0.3 is 0 Å². The molecule has 1 aromatic heterocycles. The van der Waals surface area contributed by atoms with Crippen LogP contribution in [0.25, 0.3) is 0 Å². The largest absolute Gasteiger partial charge is 0.384 e. The fourth-order valence-electron chi connectivity index (χ4n) is 3.55. The number of rotatable bonds is 2. The Morgan fingerprint density at radius 3 is 2.10 bits per heavy atom. The zero-order valence-corrected chi connectivity index (χ0v) is 13.3. The summed E-state index contributed by atoms with van der Waals surface area (Å²) in [5, 5.41) is 0. The highest BCUT2D eigenvalue weighted by atomic mass is 15.2. The number of nitrogen functional groups attached to an aromatic ring is 1. The summed E-state index contributed by atoms with van der Waals surface area (Å²) >= 11 is 0. The molecular formula is C17H29N3. The molecule has 20 heavy (non-hydrogen) atoms. The minimum Gasteiger partial charge on any atom is -0.384 e. The summed E-state index contributed by atoms with van der Waals surface area (Å²) in [5.41, 5.74) is 7.82. The van der Waals surface area contributed by atoms with Crippen molar-refractivity contribution < 1.29 is 0 Å². The first-order valence-corrected chi connectivity index (χ1v) is 8.36. The third-order valence-electron chi connectivity index (χ3n) is 4.80. The van der Waals surface area contributed by atoms with E-state index in [1.54, 1.807) is 0 Å². The maximum atomic E-state index is 6.52. The van der Waals surface area contributed by atoms with Crippen molar-refractivity contribution in [2.75, 3.05) is 5.73 Å². The lowest BCUT2D eigenvalue weighted by Crippen LogP contribution is -2.19. The average Bonchev–Trinajstić information content (AvgIpc) is 3.17. The summed E-state index contributed by atoms with van der Waals surface area (Å²) in [5.74, 6) is 2.78. The van der Waals surface area contributed by atoms with Crippen LogP contribution in [0.2, 0.25) is 0 Å². The molecule has 1 aromatic rings. The molecule has 2 fully saturated rings. The van der Waals surface area contributed by atoms with E-state index in [1.807, 2.05) is 0 Å². The van der Waals surface area contributed by atoms with E-state index in [0.29, 0.717) is 12.0 Å². The molecule has 2 N–H and O–H groups in total. The molecule has 0 unspecified atom stereocenters. The van der Waals surface area contributed by atoms with Crippen molar-refractivity contribution in [1.29, 1.82) is 0 Å². The smallest absolute Gasteiger partial charge is 0.127 e. The molecule has 3 rings (SSSR count). The van der Waals surface area contributed by atoms with Crippen molar-refractivity contribution >= 4 is 5.82 Å². The fraction of sp³-hybridized carbons (Fsp3) is 0.824.